The SMILES string of the molecule is CC(C(=O)N1CCCCC1)N1C(=O)COc2ccc(C(=O)COc3ccc(Cl)cc3)cc21. The van der Waals surface area contributed by atoms with Crippen molar-refractivity contribution in [3.63, 3.8) is 0 Å². The first-order chi connectivity index (χ1) is 15.4. The van der Waals surface area contributed by atoms with E-state index in [1.165, 1.54) is 4.90 Å². The molecule has 0 aromatic heterocycles. The summed E-state index contributed by atoms with van der Waals surface area (Å²) in [5.74, 6) is 0.349. The zero-order chi connectivity index (χ0) is 22.7. The third kappa shape index (κ3) is 4.72. The predicted molar refractivity (Wildman–Crippen MR) is 121 cm³/mol. The normalized spacial score (nSPS) is 16.8. The lowest BCUT2D eigenvalue weighted by molar-refractivity contribution is -0.135. The first kappa shape index (κ1) is 22.1. The molecule has 8 heteroatoms. The number of ketones is 1. The fourth-order valence-electron chi connectivity index (χ4n) is 4.02. The van der Waals surface area contributed by atoms with Crippen LogP contribution >= 0.6 is 11.6 Å². The van der Waals surface area contributed by atoms with E-state index in [0.717, 1.165) is 19.3 Å². The number of carbonyl (C=O) groups excluding carboxylic acids is 3. The molecule has 2 heterocycles. The van der Waals surface area contributed by atoms with Crippen molar-refractivity contribution in [3.8, 4) is 11.5 Å². The second-order valence-corrected chi connectivity index (χ2v) is 8.40. The average molecular weight is 457 g/mol. The van der Waals surface area contributed by atoms with E-state index in [1.54, 1.807) is 49.4 Å². The van der Waals surface area contributed by atoms with Crippen LogP contribution < -0.4 is 14.4 Å². The fraction of sp³-hybridized carbons (Fsp3) is 0.375. The number of nitrogens with zero attached hydrogens (tertiary/aromatic N) is 2. The number of ether oxygens (including phenoxy) is 2. The van der Waals surface area contributed by atoms with Gasteiger partial charge in [0, 0.05) is 23.7 Å². The van der Waals surface area contributed by atoms with Crippen LogP contribution in [0.15, 0.2) is 42.5 Å². The van der Waals surface area contributed by atoms with Gasteiger partial charge in [-0.25, -0.2) is 0 Å². The average Bonchev–Trinajstić information content (AvgIpc) is 2.82. The van der Waals surface area contributed by atoms with Crippen LogP contribution in [0.3, 0.4) is 0 Å². The van der Waals surface area contributed by atoms with Crippen molar-refractivity contribution in [2.75, 3.05) is 31.2 Å². The third-order valence-electron chi connectivity index (χ3n) is 5.76. The molecule has 0 bridgehead atoms. The van der Waals surface area contributed by atoms with Crippen LogP contribution in [0.2, 0.25) is 5.02 Å². The lowest BCUT2D eigenvalue weighted by Crippen LogP contribution is -2.53. The Labute approximate surface area is 191 Å². The van der Waals surface area contributed by atoms with Crippen molar-refractivity contribution < 1.29 is 23.9 Å². The van der Waals surface area contributed by atoms with Gasteiger partial charge >= 0.3 is 0 Å². The number of hydrogen-bond donors (Lipinski definition) is 0. The maximum Gasteiger partial charge on any atom is 0.265 e. The van der Waals surface area contributed by atoms with E-state index in [4.69, 9.17) is 21.1 Å². The zero-order valence-corrected chi connectivity index (χ0v) is 18.6. The van der Waals surface area contributed by atoms with Crippen LogP contribution in [-0.2, 0) is 9.59 Å². The molecule has 168 valence electrons. The van der Waals surface area contributed by atoms with Crippen molar-refractivity contribution >= 4 is 34.9 Å². The van der Waals surface area contributed by atoms with E-state index in [2.05, 4.69) is 0 Å². The van der Waals surface area contributed by atoms with Gasteiger partial charge in [-0.15, -0.1) is 0 Å². The Morgan fingerprint density at radius 1 is 1.09 bits per heavy atom. The highest BCUT2D eigenvalue weighted by Crippen LogP contribution is 2.35. The number of piperidine rings is 1. The van der Waals surface area contributed by atoms with Crippen molar-refractivity contribution in [3.05, 3.63) is 53.1 Å². The number of anilines is 1. The summed E-state index contributed by atoms with van der Waals surface area (Å²) < 4.78 is 11.1. The number of benzene rings is 2. The van der Waals surface area contributed by atoms with Crippen molar-refractivity contribution in [1.82, 2.24) is 4.90 Å². The van der Waals surface area contributed by atoms with E-state index in [1.807, 2.05) is 4.90 Å². The first-order valence-corrected chi connectivity index (χ1v) is 11.1. The number of rotatable bonds is 6. The van der Waals surface area contributed by atoms with Crippen LogP contribution in [-0.4, -0.2) is 54.8 Å². The molecule has 0 radical (unpaired) electrons. The Balaban J connectivity index is 1.52. The van der Waals surface area contributed by atoms with Crippen LogP contribution in [0.1, 0.15) is 36.5 Å². The maximum absolute atomic E-state index is 13.0. The van der Waals surface area contributed by atoms with Gasteiger partial charge < -0.3 is 14.4 Å². The van der Waals surface area contributed by atoms with Gasteiger partial charge in [0.2, 0.25) is 5.91 Å². The van der Waals surface area contributed by atoms with Crippen LogP contribution in [0.25, 0.3) is 0 Å². The minimum absolute atomic E-state index is 0.0892. The first-order valence-electron chi connectivity index (χ1n) is 10.7. The summed E-state index contributed by atoms with van der Waals surface area (Å²) in [6, 6.07) is 10.9. The summed E-state index contributed by atoms with van der Waals surface area (Å²) in [6.45, 7) is 2.82. The summed E-state index contributed by atoms with van der Waals surface area (Å²) in [4.78, 5) is 41.8. The Bertz CT molecular complexity index is 1020. The zero-order valence-electron chi connectivity index (χ0n) is 17.9. The second kappa shape index (κ2) is 9.61. The van der Waals surface area contributed by atoms with Crippen LogP contribution in [0, 0.1) is 0 Å². The third-order valence-corrected chi connectivity index (χ3v) is 6.01. The van der Waals surface area contributed by atoms with Gasteiger partial charge in [-0.3, -0.25) is 19.3 Å². The molecule has 0 saturated carbocycles. The lowest BCUT2D eigenvalue weighted by atomic mass is 10.1. The summed E-state index contributed by atoms with van der Waals surface area (Å²) in [6.07, 6.45) is 3.05. The molecular weight excluding hydrogens is 432 g/mol. The number of fused-ring (bicyclic) bond motifs is 1. The number of likely N-dealkylation sites (tertiary alicyclic amines) is 1. The largest absolute Gasteiger partial charge is 0.485 e. The lowest BCUT2D eigenvalue weighted by Gasteiger charge is -2.37. The highest BCUT2D eigenvalue weighted by Gasteiger charge is 2.35. The highest BCUT2D eigenvalue weighted by atomic mass is 35.5. The van der Waals surface area contributed by atoms with Crippen LogP contribution in [0.4, 0.5) is 5.69 Å². The van der Waals surface area contributed by atoms with Gasteiger partial charge in [0.1, 0.15) is 17.5 Å². The van der Waals surface area contributed by atoms with E-state index >= 15 is 0 Å². The van der Waals surface area contributed by atoms with Gasteiger partial charge in [-0.05, 0) is 68.7 Å². The highest BCUT2D eigenvalue weighted by molar-refractivity contribution is 6.30. The molecule has 0 aliphatic carbocycles. The van der Waals surface area contributed by atoms with E-state index in [9.17, 15) is 14.4 Å². The minimum atomic E-state index is -0.682. The van der Waals surface area contributed by atoms with E-state index in [-0.39, 0.29) is 30.8 Å². The molecule has 2 aromatic rings. The number of Topliss-reactive ketones (excluding diaryl/α,β-unsaturated/α-hetero) is 1. The quantitative estimate of drug-likeness (QED) is 0.619. The second-order valence-electron chi connectivity index (χ2n) is 7.96. The summed E-state index contributed by atoms with van der Waals surface area (Å²) >= 11 is 5.87. The van der Waals surface area contributed by atoms with Gasteiger partial charge in [0.25, 0.3) is 5.91 Å². The van der Waals surface area contributed by atoms with Crippen molar-refractivity contribution in [2.45, 2.75) is 32.2 Å². The molecule has 1 unspecified atom stereocenters. The topological polar surface area (TPSA) is 76.2 Å². The molecule has 0 spiro atoms. The minimum Gasteiger partial charge on any atom is -0.485 e. The summed E-state index contributed by atoms with van der Waals surface area (Å²) in [7, 11) is 0. The smallest absolute Gasteiger partial charge is 0.265 e. The summed E-state index contributed by atoms with van der Waals surface area (Å²) in [5, 5.41) is 0.580. The molecule has 0 N–H and O–H groups in total. The van der Waals surface area contributed by atoms with Gasteiger partial charge in [0.15, 0.2) is 19.0 Å². The molecule has 2 amide bonds. The van der Waals surface area contributed by atoms with Crippen molar-refractivity contribution in [2.24, 2.45) is 0 Å². The van der Waals surface area contributed by atoms with E-state index < -0.39 is 6.04 Å². The molecule has 2 aliphatic heterocycles. The standard InChI is InChI=1S/C24H25ClN2O5/c1-16(24(30)26-11-3-2-4-12-26)27-20-13-17(5-10-22(20)32-15-23(27)29)21(28)14-31-19-8-6-18(25)7-9-19/h5-10,13,16H,2-4,11-12,14-15H2,1H3. The Hall–Kier alpha value is -3.06. The van der Waals surface area contributed by atoms with Crippen molar-refractivity contribution in [1.29, 1.82) is 0 Å². The molecule has 2 aliphatic rings. The number of hydrogen-bond acceptors (Lipinski definition) is 5. The number of carbonyl (C=O) groups is 3. The number of halogens is 1. The predicted octanol–water partition coefficient (Wildman–Crippen LogP) is 3.73. The Kier molecular flexibility index (Phi) is 6.65. The monoisotopic (exact) mass is 456 g/mol. The van der Waals surface area contributed by atoms with Gasteiger partial charge in [-0.2, -0.15) is 0 Å². The molecule has 32 heavy (non-hydrogen) atoms. The number of amides is 2. The molecule has 4 rings (SSSR count). The maximum atomic E-state index is 13.0. The molecule has 1 atom stereocenters. The van der Waals surface area contributed by atoms with E-state index in [0.29, 0.717) is 40.9 Å². The van der Waals surface area contributed by atoms with Crippen LogP contribution in [0.5, 0.6) is 11.5 Å². The fourth-order valence-corrected chi connectivity index (χ4v) is 4.15. The molecule has 1 saturated heterocycles. The molecule has 1 fully saturated rings. The summed E-state index contributed by atoms with van der Waals surface area (Å²) in [5.41, 5.74) is 0.801. The Morgan fingerprint density at radius 3 is 2.53 bits per heavy atom. The molecular formula is C24H25ClN2O5. The Morgan fingerprint density at radius 2 is 1.81 bits per heavy atom. The molecule has 7 nitrogen and oxygen atoms in total. The van der Waals surface area contributed by atoms with Gasteiger partial charge in [-0.1, -0.05) is 11.6 Å². The van der Waals surface area contributed by atoms with Gasteiger partial charge in [0.05, 0.1) is 5.69 Å². The molecule has 2 aromatic carbocycles.